The number of aryl methyl sites for hydroxylation is 2. The molecule has 6 heteroatoms. The van der Waals surface area contributed by atoms with E-state index >= 15 is 0 Å². The molecule has 0 radical (unpaired) electrons. The van der Waals surface area contributed by atoms with Crippen LogP contribution < -0.4 is 5.56 Å². The fraction of sp³-hybridized carbons (Fsp3) is 0.571. The molecular formula is C21H28N2O4. The molecule has 1 saturated heterocycles. The first-order valence-electron chi connectivity index (χ1n) is 9.73. The summed E-state index contributed by atoms with van der Waals surface area (Å²) in [7, 11) is 0. The van der Waals surface area contributed by atoms with Crippen molar-refractivity contribution in [1.29, 1.82) is 0 Å². The third-order valence-corrected chi connectivity index (χ3v) is 5.79. The minimum absolute atomic E-state index is 0.138. The lowest BCUT2D eigenvalue weighted by atomic mass is 9.76. The lowest BCUT2D eigenvalue weighted by molar-refractivity contribution is -0.151. The molecule has 146 valence electrons. The topological polar surface area (TPSA) is 90.5 Å². The van der Waals surface area contributed by atoms with Gasteiger partial charge in [-0.3, -0.25) is 14.4 Å². The maximum atomic E-state index is 13.1. The minimum atomic E-state index is -0.980. The number of H-pyrrole nitrogens is 1. The standard InChI is InChI=1S/C21H28N2O4/c1-14(2)8-10-21(20(26)27)9-5-11-23(13-21)19(25)16-12-15-6-3-4-7-17(15)22-18(16)24/h8,12H,3-7,9-11,13H2,1-2H3,(H,22,24)(H,26,27). The molecule has 0 spiro atoms. The van der Waals surface area contributed by atoms with Crippen molar-refractivity contribution in [1.82, 2.24) is 9.88 Å². The highest BCUT2D eigenvalue weighted by molar-refractivity contribution is 5.94. The van der Waals surface area contributed by atoms with Gasteiger partial charge in [0.05, 0.1) is 5.41 Å². The van der Waals surface area contributed by atoms with Crippen molar-refractivity contribution < 1.29 is 14.7 Å². The van der Waals surface area contributed by atoms with Crippen LogP contribution in [-0.4, -0.2) is 40.0 Å². The summed E-state index contributed by atoms with van der Waals surface area (Å²) in [6.07, 6.45) is 7.30. The number of rotatable bonds is 4. The minimum Gasteiger partial charge on any atom is -0.481 e. The average Bonchev–Trinajstić information content (AvgIpc) is 2.65. The van der Waals surface area contributed by atoms with E-state index in [-0.39, 0.29) is 23.6 Å². The van der Waals surface area contributed by atoms with Crippen LogP contribution in [0.5, 0.6) is 0 Å². The molecule has 1 aromatic heterocycles. The van der Waals surface area contributed by atoms with Crippen molar-refractivity contribution in [2.75, 3.05) is 13.1 Å². The maximum absolute atomic E-state index is 13.1. The number of likely N-dealkylation sites (tertiary alicyclic amines) is 1. The van der Waals surface area contributed by atoms with Gasteiger partial charge in [0.1, 0.15) is 5.56 Å². The Labute approximate surface area is 159 Å². The second-order valence-electron chi connectivity index (χ2n) is 8.12. The molecule has 1 aliphatic heterocycles. The number of carboxylic acids is 1. The number of nitrogens with one attached hydrogen (secondary N) is 1. The fourth-order valence-electron chi connectivity index (χ4n) is 4.14. The number of aliphatic carboxylic acids is 1. The fourth-order valence-corrected chi connectivity index (χ4v) is 4.14. The summed E-state index contributed by atoms with van der Waals surface area (Å²) >= 11 is 0. The van der Waals surface area contributed by atoms with Crippen molar-refractivity contribution in [2.24, 2.45) is 5.41 Å². The zero-order chi connectivity index (χ0) is 19.6. The van der Waals surface area contributed by atoms with E-state index in [0.29, 0.717) is 25.8 Å². The van der Waals surface area contributed by atoms with Gasteiger partial charge in [0, 0.05) is 18.8 Å². The highest BCUT2D eigenvalue weighted by Gasteiger charge is 2.43. The van der Waals surface area contributed by atoms with Crippen LogP contribution in [0, 0.1) is 5.41 Å². The number of allylic oxidation sites excluding steroid dienone is 2. The first kappa shape index (κ1) is 19.4. The summed E-state index contributed by atoms with van der Waals surface area (Å²) < 4.78 is 0. The number of carbonyl (C=O) groups is 2. The summed E-state index contributed by atoms with van der Waals surface area (Å²) in [5.41, 5.74) is 1.83. The maximum Gasteiger partial charge on any atom is 0.311 e. The number of piperidine rings is 1. The van der Waals surface area contributed by atoms with Crippen LogP contribution >= 0.6 is 0 Å². The smallest absolute Gasteiger partial charge is 0.311 e. The molecule has 0 saturated carbocycles. The van der Waals surface area contributed by atoms with Crippen LogP contribution in [-0.2, 0) is 17.6 Å². The van der Waals surface area contributed by atoms with Gasteiger partial charge in [0.2, 0.25) is 0 Å². The zero-order valence-corrected chi connectivity index (χ0v) is 16.1. The van der Waals surface area contributed by atoms with Crippen LogP contribution in [0.1, 0.15) is 67.6 Å². The first-order valence-corrected chi connectivity index (χ1v) is 9.73. The quantitative estimate of drug-likeness (QED) is 0.795. The molecule has 2 N–H and O–H groups in total. The largest absolute Gasteiger partial charge is 0.481 e. The van der Waals surface area contributed by atoms with Crippen molar-refractivity contribution in [3.05, 3.63) is 44.9 Å². The predicted octanol–water partition coefficient (Wildman–Crippen LogP) is 2.92. The molecular weight excluding hydrogens is 344 g/mol. The number of nitrogens with zero attached hydrogens (tertiary/aromatic N) is 1. The van der Waals surface area contributed by atoms with Crippen LogP contribution in [0.4, 0.5) is 0 Å². The van der Waals surface area contributed by atoms with Gasteiger partial charge in [-0.1, -0.05) is 11.6 Å². The number of aromatic nitrogens is 1. The summed E-state index contributed by atoms with van der Waals surface area (Å²) in [5.74, 6) is -1.23. The third-order valence-electron chi connectivity index (χ3n) is 5.79. The number of hydrogen-bond donors (Lipinski definition) is 2. The van der Waals surface area contributed by atoms with E-state index in [1.807, 2.05) is 19.9 Å². The molecule has 3 rings (SSSR count). The Morgan fingerprint density at radius 3 is 2.70 bits per heavy atom. The Balaban J connectivity index is 1.87. The zero-order valence-electron chi connectivity index (χ0n) is 16.1. The van der Waals surface area contributed by atoms with E-state index in [0.717, 1.165) is 42.5 Å². The number of carboxylic acid groups (broad SMARTS) is 1. The normalized spacial score (nSPS) is 22.1. The Kier molecular flexibility index (Phi) is 5.53. The van der Waals surface area contributed by atoms with Gasteiger partial charge < -0.3 is 15.0 Å². The van der Waals surface area contributed by atoms with E-state index in [9.17, 15) is 19.5 Å². The second kappa shape index (κ2) is 7.71. The molecule has 1 aliphatic carbocycles. The molecule has 1 aromatic rings. The predicted molar refractivity (Wildman–Crippen MR) is 103 cm³/mol. The van der Waals surface area contributed by atoms with Crippen LogP contribution in [0.2, 0.25) is 0 Å². The molecule has 1 amide bonds. The van der Waals surface area contributed by atoms with Gasteiger partial charge in [-0.25, -0.2) is 0 Å². The molecule has 27 heavy (non-hydrogen) atoms. The van der Waals surface area contributed by atoms with Gasteiger partial charge in [0.15, 0.2) is 0 Å². The molecule has 1 unspecified atom stereocenters. The number of pyridine rings is 1. The lowest BCUT2D eigenvalue weighted by Gasteiger charge is -2.39. The monoisotopic (exact) mass is 372 g/mol. The highest BCUT2D eigenvalue weighted by atomic mass is 16.4. The van der Waals surface area contributed by atoms with Crippen LogP contribution in [0.15, 0.2) is 22.5 Å². The Morgan fingerprint density at radius 1 is 1.26 bits per heavy atom. The number of hydrogen-bond acceptors (Lipinski definition) is 3. The molecule has 6 nitrogen and oxygen atoms in total. The van der Waals surface area contributed by atoms with E-state index in [1.54, 1.807) is 11.0 Å². The van der Waals surface area contributed by atoms with Crippen LogP contribution in [0.3, 0.4) is 0 Å². The van der Waals surface area contributed by atoms with Gasteiger partial charge >= 0.3 is 5.97 Å². The van der Waals surface area contributed by atoms with Gasteiger partial charge in [-0.2, -0.15) is 0 Å². The van der Waals surface area contributed by atoms with E-state index in [1.165, 1.54) is 0 Å². The SMILES string of the molecule is CC(C)=CCC1(C(=O)O)CCCN(C(=O)c2cc3c([nH]c2=O)CCCC3)C1. The van der Waals surface area contributed by atoms with Crippen molar-refractivity contribution in [3.8, 4) is 0 Å². The highest BCUT2D eigenvalue weighted by Crippen LogP contribution is 2.35. The summed E-state index contributed by atoms with van der Waals surface area (Å²) in [5, 5.41) is 9.85. The van der Waals surface area contributed by atoms with Gasteiger partial charge in [-0.15, -0.1) is 0 Å². The van der Waals surface area contributed by atoms with Gasteiger partial charge in [-0.05, 0) is 70.4 Å². The Hall–Kier alpha value is -2.37. The average molecular weight is 372 g/mol. The molecule has 0 bridgehead atoms. The summed E-state index contributed by atoms with van der Waals surface area (Å²) in [4.78, 5) is 41.9. The third kappa shape index (κ3) is 3.99. The van der Waals surface area contributed by atoms with E-state index in [2.05, 4.69) is 4.98 Å². The van der Waals surface area contributed by atoms with Crippen LogP contribution in [0.25, 0.3) is 0 Å². The Bertz CT molecular complexity index is 835. The summed E-state index contributed by atoms with van der Waals surface area (Å²) in [6, 6.07) is 1.73. The number of amides is 1. The van der Waals surface area contributed by atoms with E-state index < -0.39 is 11.4 Å². The molecule has 0 aromatic carbocycles. The second-order valence-corrected chi connectivity index (χ2v) is 8.12. The number of aromatic amines is 1. The number of fused-ring (bicyclic) bond motifs is 1. The first-order chi connectivity index (χ1) is 12.8. The molecule has 2 heterocycles. The molecule has 1 fully saturated rings. The van der Waals surface area contributed by atoms with Crippen molar-refractivity contribution in [3.63, 3.8) is 0 Å². The van der Waals surface area contributed by atoms with Crippen molar-refractivity contribution in [2.45, 2.75) is 58.8 Å². The number of carbonyl (C=O) groups excluding carboxylic acids is 1. The summed E-state index contributed by atoms with van der Waals surface area (Å²) in [6.45, 7) is 4.50. The molecule has 2 aliphatic rings. The van der Waals surface area contributed by atoms with Gasteiger partial charge in [0.25, 0.3) is 11.5 Å². The molecule has 1 atom stereocenters. The lowest BCUT2D eigenvalue weighted by Crippen LogP contribution is -2.50. The van der Waals surface area contributed by atoms with E-state index in [4.69, 9.17) is 0 Å². The Morgan fingerprint density at radius 2 is 2.00 bits per heavy atom. The van der Waals surface area contributed by atoms with Crippen molar-refractivity contribution >= 4 is 11.9 Å².